The van der Waals surface area contributed by atoms with E-state index in [-0.39, 0.29) is 0 Å². The molecule has 0 spiro atoms. The van der Waals surface area contributed by atoms with Gasteiger partial charge in [-0.05, 0) is 12.1 Å². The molecule has 0 unspecified atom stereocenters. The maximum atomic E-state index is 5.30. The van der Waals surface area contributed by atoms with Crippen molar-refractivity contribution in [3.8, 4) is 0 Å². The fraction of sp³-hybridized carbons (Fsp3) is 0.364. The Morgan fingerprint density at radius 2 is 2.06 bits per heavy atom. The summed E-state index contributed by atoms with van der Waals surface area (Å²) in [6.07, 6.45) is 0. The number of hydrogen-bond acceptors (Lipinski definition) is 5. The number of aromatic nitrogens is 1. The number of hydrogen-bond donors (Lipinski definition) is 1. The van der Waals surface area contributed by atoms with Gasteiger partial charge in [0.2, 0.25) is 0 Å². The van der Waals surface area contributed by atoms with E-state index in [9.17, 15) is 0 Å². The molecule has 84 valence electrons. The van der Waals surface area contributed by atoms with E-state index < -0.39 is 0 Å². The Morgan fingerprint density at radius 3 is 2.88 bits per heavy atom. The van der Waals surface area contributed by atoms with Crippen LogP contribution >= 0.6 is 11.3 Å². The first-order chi connectivity index (χ1) is 7.92. The average molecular weight is 235 g/mol. The van der Waals surface area contributed by atoms with E-state index in [0.29, 0.717) is 0 Å². The van der Waals surface area contributed by atoms with Crippen molar-refractivity contribution in [1.82, 2.24) is 9.99 Å². The molecule has 0 saturated carbocycles. The standard InChI is InChI=1S/C11H13N3OS/c1-2-4-10-9(3-1)12-11(16-10)13-14-5-7-15-8-6-14/h1-4H,5-8H2,(H,12,13). The van der Waals surface area contributed by atoms with Crippen molar-refractivity contribution in [3.63, 3.8) is 0 Å². The van der Waals surface area contributed by atoms with Crippen molar-refractivity contribution in [3.05, 3.63) is 24.3 Å². The molecule has 1 aliphatic heterocycles. The molecular weight excluding hydrogens is 222 g/mol. The number of benzene rings is 1. The summed E-state index contributed by atoms with van der Waals surface area (Å²) in [7, 11) is 0. The SMILES string of the molecule is c1ccc2sc(NN3CCOCC3)nc2c1. The molecular formula is C11H13N3OS. The van der Waals surface area contributed by atoms with Gasteiger partial charge in [0.05, 0.1) is 23.4 Å². The highest BCUT2D eigenvalue weighted by Gasteiger charge is 2.11. The predicted octanol–water partition coefficient (Wildman–Crippen LogP) is 1.96. The topological polar surface area (TPSA) is 37.4 Å². The minimum Gasteiger partial charge on any atom is -0.379 e. The van der Waals surface area contributed by atoms with Gasteiger partial charge in [-0.25, -0.2) is 9.99 Å². The summed E-state index contributed by atoms with van der Waals surface area (Å²) in [5.41, 5.74) is 4.39. The van der Waals surface area contributed by atoms with Gasteiger partial charge in [-0.2, -0.15) is 0 Å². The third kappa shape index (κ3) is 2.02. The third-order valence-corrected chi connectivity index (χ3v) is 3.50. The maximum Gasteiger partial charge on any atom is 0.198 e. The number of morpholine rings is 1. The van der Waals surface area contributed by atoms with Crippen LogP contribution in [-0.2, 0) is 4.74 Å². The molecule has 0 atom stereocenters. The normalized spacial score (nSPS) is 17.8. The van der Waals surface area contributed by atoms with Crippen LogP contribution in [0.25, 0.3) is 10.2 Å². The van der Waals surface area contributed by atoms with E-state index in [0.717, 1.165) is 37.0 Å². The van der Waals surface area contributed by atoms with Crippen LogP contribution < -0.4 is 5.43 Å². The monoisotopic (exact) mass is 235 g/mol. The number of fused-ring (bicyclic) bond motifs is 1. The first-order valence-corrected chi connectivity index (χ1v) is 6.18. The predicted molar refractivity (Wildman–Crippen MR) is 65.6 cm³/mol. The van der Waals surface area contributed by atoms with Gasteiger partial charge < -0.3 is 4.74 Å². The number of para-hydroxylation sites is 1. The first-order valence-electron chi connectivity index (χ1n) is 5.37. The maximum absolute atomic E-state index is 5.30. The van der Waals surface area contributed by atoms with Crippen molar-refractivity contribution in [2.45, 2.75) is 0 Å². The van der Waals surface area contributed by atoms with Crippen LogP contribution in [0.5, 0.6) is 0 Å². The Kier molecular flexibility index (Phi) is 2.73. The number of anilines is 1. The second-order valence-electron chi connectivity index (χ2n) is 3.70. The molecule has 1 saturated heterocycles. The summed E-state index contributed by atoms with van der Waals surface area (Å²) in [6, 6.07) is 8.19. The van der Waals surface area contributed by atoms with Crippen LogP contribution in [0.2, 0.25) is 0 Å². The molecule has 1 aromatic carbocycles. The summed E-state index contributed by atoms with van der Waals surface area (Å²) in [6.45, 7) is 3.40. The number of hydrazine groups is 1. The van der Waals surface area contributed by atoms with E-state index in [1.807, 2.05) is 18.2 Å². The number of rotatable bonds is 2. The lowest BCUT2D eigenvalue weighted by molar-refractivity contribution is 0.0497. The summed E-state index contributed by atoms with van der Waals surface area (Å²) in [5, 5.41) is 3.12. The fourth-order valence-corrected chi connectivity index (χ4v) is 2.62. The van der Waals surface area contributed by atoms with Crippen molar-refractivity contribution in [1.29, 1.82) is 0 Å². The number of thiazole rings is 1. The van der Waals surface area contributed by atoms with E-state index in [2.05, 4.69) is 21.5 Å². The Balaban J connectivity index is 1.78. The van der Waals surface area contributed by atoms with E-state index in [4.69, 9.17) is 4.74 Å². The van der Waals surface area contributed by atoms with Gasteiger partial charge >= 0.3 is 0 Å². The third-order valence-electron chi connectivity index (χ3n) is 2.56. The largest absolute Gasteiger partial charge is 0.379 e. The molecule has 5 heteroatoms. The molecule has 1 N–H and O–H groups in total. The molecule has 0 bridgehead atoms. The van der Waals surface area contributed by atoms with E-state index >= 15 is 0 Å². The molecule has 0 amide bonds. The van der Waals surface area contributed by atoms with Gasteiger partial charge in [-0.15, -0.1) is 0 Å². The lowest BCUT2D eigenvalue weighted by Crippen LogP contribution is -2.40. The molecule has 2 heterocycles. The van der Waals surface area contributed by atoms with Crippen LogP contribution in [0.4, 0.5) is 5.13 Å². The zero-order chi connectivity index (χ0) is 10.8. The Bertz CT molecular complexity index is 446. The zero-order valence-corrected chi connectivity index (χ0v) is 9.67. The minimum absolute atomic E-state index is 0.790. The first kappa shape index (κ1) is 10.0. The molecule has 1 aromatic heterocycles. The summed E-state index contributed by atoms with van der Waals surface area (Å²) >= 11 is 1.69. The second kappa shape index (κ2) is 4.37. The smallest absolute Gasteiger partial charge is 0.198 e. The van der Waals surface area contributed by atoms with Crippen LogP contribution in [0.15, 0.2) is 24.3 Å². The summed E-state index contributed by atoms with van der Waals surface area (Å²) in [4.78, 5) is 4.53. The van der Waals surface area contributed by atoms with Crippen molar-refractivity contribution < 1.29 is 4.74 Å². The summed E-state index contributed by atoms with van der Waals surface area (Å²) in [5.74, 6) is 0. The fourth-order valence-electron chi connectivity index (χ4n) is 1.73. The molecule has 16 heavy (non-hydrogen) atoms. The molecule has 3 rings (SSSR count). The van der Waals surface area contributed by atoms with Gasteiger partial charge in [0.25, 0.3) is 0 Å². The number of ether oxygens (including phenoxy) is 1. The molecule has 4 nitrogen and oxygen atoms in total. The van der Waals surface area contributed by atoms with Gasteiger partial charge in [0.1, 0.15) is 0 Å². The number of nitrogens with one attached hydrogen (secondary N) is 1. The van der Waals surface area contributed by atoms with Gasteiger partial charge in [0, 0.05) is 13.1 Å². The van der Waals surface area contributed by atoms with Crippen LogP contribution in [0.3, 0.4) is 0 Å². The Hall–Kier alpha value is -1.17. The quantitative estimate of drug-likeness (QED) is 0.863. The number of nitrogens with zero attached hydrogens (tertiary/aromatic N) is 2. The Morgan fingerprint density at radius 1 is 1.25 bits per heavy atom. The van der Waals surface area contributed by atoms with Gasteiger partial charge in [0.15, 0.2) is 5.13 Å². The van der Waals surface area contributed by atoms with Crippen molar-refractivity contribution in [2.24, 2.45) is 0 Å². The summed E-state index contributed by atoms with van der Waals surface area (Å²) < 4.78 is 6.52. The van der Waals surface area contributed by atoms with Crippen LogP contribution in [0.1, 0.15) is 0 Å². The van der Waals surface area contributed by atoms with Gasteiger partial charge in [-0.3, -0.25) is 5.43 Å². The second-order valence-corrected chi connectivity index (χ2v) is 4.73. The molecule has 1 fully saturated rings. The molecule has 1 aliphatic rings. The highest BCUT2D eigenvalue weighted by molar-refractivity contribution is 7.22. The lowest BCUT2D eigenvalue weighted by Gasteiger charge is -2.26. The minimum atomic E-state index is 0.790. The van der Waals surface area contributed by atoms with Crippen molar-refractivity contribution in [2.75, 3.05) is 31.7 Å². The molecule has 0 aliphatic carbocycles. The van der Waals surface area contributed by atoms with Crippen molar-refractivity contribution >= 4 is 26.7 Å². The zero-order valence-electron chi connectivity index (χ0n) is 8.85. The average Bonchev–Trinajstić information content (AvgIpc) is 2.72. The van der Waals surface area contributed by atoms with Crippen LogP contribution in [-0.4, -0.2) is 36.3 Å². The van der Waals surface area contributed by atoms with E-state index in [1.165, 1.54) is 4.70 Å². The van der Waals surface area contributed by atoms with Crippen LogP contribution in [0, 0.1) is 0 Å². The lowest BCUT2D eigenvalue weighted by atomic mass is 10.3. The highest BCUT2D eigenvalue weighted by Crippen LogP contribution is 2.25. The van der Waals surface area contributed by atoms with E-state index in [1.54, 1.807) is 11.3 Å². The molecule has 2 aromatic rings. The Labute approximate surface area is 97.8 Å². The molecule has 0 radical (unpaired) electrons. The van der Waals surface area contributed by atoms with Gasteiger partial charge in [-0.1, -0.05) is 23.5 Å². The highest BCUT2D eigenvalue weighted by atomic mass is 32.1.